The molecule has 176 valence electrons. The van der Waals surface area contributed by atoms with Crippen molar-refractivity contribution < 1.29 is 4.79 Å². The first-order valence-electron chi connectivity index (χ1n) is 11.5. The van der Waals surface area contributed by atoms with Crippen molar-refractivity contribution in [3.63, 3.8) is 0 Å². The molecular formula is C24H37IN6O. The molecule has 0 bridgehead atoms. The van der Waals surface area contributed by atoms with E-state index in [9.17, 15) is 4.79 Å². The van der Waals surface area contributed by atoms with E-state index in [2.05, 4.69) is 52.1 Å². The third-order valence-corrected chi connectivity index (χ3v) is 5.90. The Morgan fingerprint density at radius 2 is 2.00 bits per heavy atom. The fourth-order valence-corrected chi connectivity index (χ4v) is 3.93. The molecule has 1 aromatic carbocycles. The van der Waals surface area contributed by atoms with E-state index in [1.807, 2.05) is 36.8 Å². The molecule has 32 heavy (non-hydrogen) atoms. The van der Waals surface area contributed by atoms with Gasteiger partial charge in [-0.05, 0) is 43.4 Å². The van der Waals surface area contributed by atoms with Crippen LogP contribution in [0, 0.1) is 5.92 Å². The third-order valence-electron chi connectivity index (χ3n) is 5.90. The second-order valence-corrected chi connectivity index (χ2v) is 8.27. The summed E-state index contributed by atoms with van der Waals surface area (Å²) in [7, 11) is 0. The second-order valence-electron chi connectivity index (χ2n) is 8.27. The fraction of sp³-hybridized carbons (Fsp3) is 0.542. The van der Waals surface area contributed by atoms with Crippen molar-refractivity contribution in [2.24, 2.45) is 10.9 Å². The number of carbonyl (C=O) groups excluding carboxylic acids is 1. The number of aliphatic imine (C=N–C) groups is 1. The summed E-state index contributed by atoms with van der Waals surface area (Å²) in [5, 5.41) is 6.41. The number of nitrogens with one attached hydrogen (secondary N) is 2. The number of unbranched alkanes of at least 4 members (excludes halogenated alkanes) is 1. The average Bonchev–Trinajstić information content (AvgIpc) is 3.32. The zero-order valence-electron chi connectivity index (χ0n) is 19.5. The number of likely N-dealkylation sites (tertiary alicyclic amines) is 1. The molecule has 2 unspecified atom stereocenters. The van der Waals surface area contributed by atoms with Crippen LogP contribution in [0.3, 0.4) is 0 Å². The zero-order valence-corrected chi connectivity index (χ0v) is 21.8. The number of halogens is 1. The fourth-order valence-electron chi connectivity index (χ4n) is 3.93. The van der Waals surface area contributed by atoms with Crippen molar-refractivity contribution in [2.45, 2.75) is 52.6 Å². The van der Waals surface area contributed by atoms with Crippen LogP contribution in [0.15, 0.2) is 48.0 Å². The molecule has 0 aliphatic carbocycles. The van der Waals surface area contributed by atoms with E-state index < -0.39 is 0 Å². The lowest BCUT2D eigenvalue weighted by Gasteiger charge is -2.39. The van der Waals surface area contributed by atoms with Crippen molar-refractivity contribution in [1.29, 1.82) is 0 Å². The van der Waals surface area contributed by atoms with Gasteiger partial charge in [0.1, 0.15) is 0 Å². The molecule has 3 rings (SSSR count). The summed E-state index contributed by atoms with van der Waals surface area (Å²) in [5.74, 6) is 1.54. The summed E-state index contributed by atoms with van der Waals surface area (Å²) < 4.78 is 2.21. The minimum Gasteiger partial charge on any atom is -0.357 e. The maximum atomic E-state index is 12.2. The maximum Gasteiger partial charge on any atom is 0.251 e. The van der Waals surface area contributed by atoms with Gasteiger partial charge in [-0.15, -0.1) is 24.0 Å². The summed E-state index contributed by atoms with van der Waals surface area (Å²) in [6.07, 6.45) is 9.00. The molecule has 1 fully saturated rings. The zero-order chi connectivity index (χ0) is 22.1. The van der Waals surface area contributed by atoms with E-state index >= 15 is 0 Å². The van der Waals surface area contributed by atoms with E-state index in [1.54, 1.807) is 0 Å². The predicted octanol–water partition coefficient (Wildman–Crippen LogP) is 4.08. The Hall–Kier alpha value is -2.10. The number of carbonyl (C=O) groups is 1. The van der Waals surface area contributed by atoms with E-state index in [0.717, 1.165) is 57.0 Å². The lowest BCUT2D eigenvalue weighted by Crippen LogP contribution is -2.49. The van der Waals surface area contributed by atoms with Gasteiger partial charge in [0.2, 0.25) is 0 Å². The number of rotatable bonds is 8. The van der Waals surface area contributed by atoms with Gasteiger partial charge in [0.25, 0.3) is 5.91 Å². The maximum absolute atomic E-state index is 12.2. The van der Waals surface area contributed by atoms with Crippen molar-refractivity contribution in [3.8, 4) is 0 Å². The molecule has 7 nitrogen and oxygen atoms in total. The number of nitrogens with zero attached hydrogens (tertiary/aromatic N) is 4. The Kier molecular flexibility index (Phi) is 11.0. The molecule has 1 aliphatic rings. The van der Waals surface area contributed by atoms with Crippen LogP contribution in [0.25, 0.3) is 0 Å². The largest absolute Gasteiger partial charge is 0.357 e. The van der Waals surface area contributed by atoms with Gasteiger partial charge in [-0.2, -0.15) is 0 Å². The topological polar surface area (TPSA) is 74.6 Å². The van der Waals surface area contributed by atoms with Gasteiger partial charge >= 0.3 is 0 Å². The quantitative estimate of drug-likeness (QED) is 0.224. The number of imidazole rings is 1. The predicted molar refractivity (Wildman–Crippen MR) is 141 cm³/mol. The highest BCUT2D eigenvalue weighted by atomic mass is 127. The molecule has 0 saturated carbocycles. The van der Waals surface area contributed by atoms with Crippen molar-refractivity contribution in [3.05, 3.63) is 54.1 Å². The number of hydrogen-bond donors (Lipinski definition) is 2. The highest BCUT2D eigenvalue weighted by Gasteiger charge is 2.28. The number of amides is 1. The molecular weight excluding hydrogens is 515 g/mol. The number of benzene rings is 1. The van der Waals surface area contributed by atoms with Crippen molar-refractivity contribution >= 4 is 35.8 Å². The monoisotopic (exact) mass is 552 g/mol. The average molecular weight is 553 g/mol. The first-order chi connectivity index (χ1) is 15.1. The van der Waals surface area contributed by atoms with Gasteiger partial charge in [0.05, 0.1) is 18.9 Å². The molecule has 1 aromatic heterocycles. The van der Waals surface area contributed by atoms with Crippen LogP contribution in [-0.2, 0) is 6.54 Å². The van der Waals surface area contributed by atoms with Gasteiger partial charge < -0.3 is 20.1 Å². The standard InChI is InChI=1S/C24H36N6O.HI/c1-4-6-12-27-23(31)21-9-7-20(8-10-21)16-28-24(26-5-2)29-14-11-19(3)22(17-29)30-15-13-25-18-30;/h7-10,13,15,18-19,22H,4-6,11-12,14,16-17H2,1-3H3,(H,26,28)(H,27,31);1H. The molecule has 2 atom stereocenters. The van der Waals surface area contributed by atoms with Crippen LogP contribution in [0.2, 0.25) is 0 Å². The minimum atomic E-state index is -0.00943. The van der Waals surface area contributed by atoms with Gasteiger partial charge in [-0.1, -0.05) is 32.4 Å². The Bertz CT molecular complexity index is 837. The molecule has 0 radical (unpaired) electrons. The normalized spacial score (nSPS) is 18.7. The first kappa shape index (κ1) is 26.2. The van der Waals surface area contributed by atoms with Crippen LogP contribution in [-0.4, -0.2) is 52.5 Å². The van der Waals surface area contributed by atoms with E-state index in [1.165, 1.54) is 0 Å². The third kappa shape index (κ3) is 7.21. The number of aromatic nitrogens is 2. The summed E-state index contributed by atoms with van der Waals surface area (Å²) in [4.78, 5) is 23.6. The summed E-state index contributed by atoms with van der Waals surface area (Å²) >= 11 is 0. The number of guanidine groups is 1. The number of piperidine rings is 1. The molecule has 2 N–H and O–H groups in total. The lowest BCUT2D eigenvalue weighted by molar-refractivity contribution is 0.0953. The van der Waals surface area contributed by atoms with Crippen molar-refractivity contribution in [1.82, 2.24) is 25.1 Å². The molecule has 8 heteroatoms. The van der Waals surface area contributed by atoms with Crippen LogP contribution < -0.4 is 10.6 Å². The highest BCUT2D eigenvalue weighted by Crippen LogP contribution is 2.27. The molecule has 1 saturated heterocycles. The Morgan fingerprint density at radius 1 is 1.22 bits per heavy atom. The van der Waals surface area contributed by atoms with E-state index in [-0.39, 0.29) is 29.9 Å². The van der Waals surface area contributed by atoms with Gasteiger partial charge in [-0.3, -0.25) is 4.79 Å². The Balaban J connectivity index is 0.00000363. The molecule has 1 aliphatic heterocycles. The Labute approximate surface area is 209 Å². The van der Waals surface area contributed by atoms with Crippen LogP contribution in [0.1, 0.15) is 62.0 Å². The summed E-state index contributed by atoms with van der Waals surface area (Å²) in [6.45, 7) is 10.6. The van der Waals surface area contributed by atoms with Crippen LogP contribution >= 0.6 is 24.0 Å². The SMILES string of the molecule is CCCCNC(=O)c1ccc(CN=C(NCC)N2CCC(C)C(n3ccnc3)C2)cc1.I. The minimum absolute atomic E-state index is 0. The summed E-state index contributed by atoms with van der Waals surface area (Å²) in [6, 6.07) is 8.15. The van der Waals surface area contributed by atoms with Crippen LogP contribution in [0.4, 0.5) is 0 Å². The van der Waals surface area contributed by atoms with Crippen LogP contribution in [0.5, 0.6) is 0 Å². The van der Waals surface area contributed by atoms with Gasteiger partial charge in [0.15, 0.2) is 5.96 Å². The lowest BCUT2D eigenvalue weighted by atomic mass is 9.93. The molecule has 1 amide bonds. The Morgan fingerprint density at radius 3 is 2.66 bits per heavy atom. The molecule has 2 aromatic rings. The van der Waals surface area contributed by atoms with E-state index in [0.29, 0.717) is 24.1 Å². The van der Waals surface area contributed by atoms with Crippen molar-refractivity contribution in [2.75, 3.05) is 26.2 Å². The smallest absolute Gasteiger partial charge is 0.251 e. The van der Waals surface area contributed by atoms with Gasteiger partial charge in [0, 0.05) is 44.1 Å². The molecule has 0 spiro atoms. The number of hydrogen-bond acceptors (Lipinski definition) is 3. The summed E-state index contributed by atoms with van der Waals surface area (Å²) in [5.41, 5.74) is 1.79. The first-order valence-corrected chi connectivity index (χ1v) is 11.5. The van der Waals surface area contributed by atoms with Gasteiger partial charge in [-0.25, -0.2) is 9.98 Å². The second kappa shape index (κ2) is 13.4. The molecule has 2 heterocycles. The van der Waals surface area contributed by atoms with E-state index in [4.69, 9.17) is 4.99 Å². The highest BCUT2D eigenvalue weighted by molar-refractivity contribution is 14.0.